The molecule has 0 spiro atoms. The van der Waals surface area contributed by atoms with Gasteiger partial charge in [-0.15, -0.1) is 0 Å². The first-order valence-corrected chi connectivity index (χ1v) is 2.24. The molecule has 0 fully saturated rings. The third-order valence-corrected chi connectivity index (χ3v) is 0.829. The minimum Gasteiger partial charge on any atom is -0.368 e. The fraction of sp³-hybridized carbons (Fsp3) is 0.200. The summed E-state index contributed by atoms with van der Waals surface area (Å²) in [5.74, 6) is 0. The standard InChI is InChI=1S/C5H8N2/c6-5-1-3-7-4-2-5/h1-5,7H,6H2. The van der Waals surface area contributed by atoms with Crippen molar-refractivity contribution in [1.82, 2.24) is 5.32 Å². The summed E-state index contributed by atoms with van der Waals surface area (Å²) in [5.41, 5.74) is 5.42. The lowest BCUT2D eigenvalue weighted by Gasteiger charge is -2.02. The van der Waals surface area contributed by atoms with E-state index < -0.39 is 0 Å². The summed E-state index contributed by atoms with van der Waals surface area (Å²) in [6.45, 7) is 0. The summed E-state index contributed by atoms with van der Waals surface area (Å²) in [7, 11) is 0. The quantitative estimate of drug-likeness (QED) is 0.443. The Kier molecular flexibility index (Phi) is 1.13. The average molecular weight is 96.1 g/mol. The molecule has 0 aromatic carbocycles. The molecule has 0 unspecified atom stereocenters. The van der Waals surface area contributed by atoms with E-state index in [1.807, 2.05) is 24.6 Å². The topological polar surface area (TPSA) is 38.0 Å². The van der Waals surface area contributed by atoms with Gasteiger partial charge in [0.2, 0.25) is 0 Å². The van der Waals surface area contributed by atoms with E-state index in [9.17, 15) is 0 Å². The van der Waals surface area contributed by atoms with Gasteiger partial charge in [0.25, 0.3) is 0 Å². The molecular weight excluding hydrogens is 88.1 g/mol. The molecule has 1 aliphatic rings. The van der Waals surface area contributed by atoms with E-state index in [2.05, 4.69) is 5.32 Å². The first kappa shape index (κ1) is 4.40. The van der Waals surface area contributed by atoms with Crippen molar-refractivity contribution in [3.05, 3.63) is 24.6 Å². The summed E-state index contributed by atoms with van der Waals surface area (Å²) < 4.78 is 0. The molecule has 0 aliphatic carbocycles. The summed E-state index contributed by atoms with van der Waals surface area (Å²) >= 11 is 0. The minimum absolute atomic E-state index is 0.112. The Hall–Kier alpha value is -0.760. The molecule has 0 bridgehead atoms. The highest BCUT2D eigenvalue weighted by Gasteiger charge is 1.89. The van der Waals surface area contributed by atoms with Gasteiger partial charge in [0.1, 0.15) is 0 Å². The molecule has 7 heavy (non-hydrogen) atoms. The Morgan fingerprint density at radius 1 is 1.29 bits per heavy atom. The van der Waals surface area contributed by atoms with Crippen LogP contribution in [0.2, 0.25) is 0 Å². The van der Waals surface area contributed by atoms with Crippen LogP contribution in [-0.4, -0.2) is 6.04 Å². The number of rotatable bonds is 0. The van der Waals surface area contributed by atoms with E-state index in [1.54, 1.807) is 0 Å². The lowest BCUT2D eigenvalue weighted by atomic mass is 10.3. The van der Waals surface area contributed by atoms with Crippen molar-refractivity contribution in [2.24, 2.45) is 5.73 Å². The van der Waals surface area contributed by atoms with Gasteiger partial charge in [-0.2, -0.15) is 0 Å². The third kappa shape index (κ3) is 1.05. The van der Waals surface area contributed by atoms with E-state index in [4.69, 9.17) is 5.73 Å². The van der Waals surface area contributed by atoms with Crippen LogP contribution in [0.4, 0.5) is 0 Å². The number of dihydropyridines is 1. The van der Waals surface area contributed by atoms with Crippen molar-refractivity contribution in [1.29, 1.82) is 0 Å². The van der Waals surface area contributed by atoms with Crippen LogP contribution >= 0.6 is 0 Å². The average Bonchev–Trinajstić information content (AvgIpc) is 1.69. The zero-order valence-electron chi connectivity index (χ0n) is 3.96. The smallest absolute Gasteiger partial charge is 0.0444 e. The molecule has 1 heterocycles. The highest BCUT2D eigenvalue weighted by molar-refractivity contribution is 5.09. The maximum absolute atomic E-state index is 5.42. The Labute approximate surface area is 42.7 Å². The van der Waals surface area contributed by atoms with Gasteiger partial charge in [0.05, 0.1) is 0 Å². The summed E-state index contributed by atoms with van der Waals surface area (Å²) in [4.78, 5) is 0. The molecule has 3 N–H and O–H groups in total. The van der Waals surface area contributed by atoms with Crippen molar-refractivity contribution in [3.63, 3.8) is 0 Å². The van der Waals surface area contributed by atoms with Crippen LogP contribution in [0.1, 0.15) is 0 Å². The Balaban J connectivity index is 2.49. The number of nitrogens with two attached hydrogens (primary N) is 1. The molecule has 0 atom stereocenters. The van der Waals surface area contributed by atoms with Gasteiger partial charge in [-0.3, -0.25) is 0 Å². The van der Waals surface area contributed by atoms with Gasteiger partial charge < -0.3 is 11.1 Å². The first-order chi connectivity index (χ1) is 3.39. The highest BCUT2D eigenvalue weighted by atomic mass is 14.8. The molecule has 0 aromatic rings. The normalized spacial score (nSPS) is 19.6. The molecular formula is C5H8N2. The first-order valence-electron chi connectivity index (χ1n) is 2.24. The van der Waals surface area contributed by atoms with Crippen molar-refractivity contribution in [3.8, 4) is 0 Å². The van der Waals surface area contributed by atoms with Crippen LogP contribution in [0.15, 0.2) is 24.6 Å². The van der Waals surface area contributed by atoms with Gasteiger partial charge >= 0.3 is 0 Å². The molecule has 38 valence electrons. The van der Waals surface area contributed by atoms with Crippen molar-refractivity contribution in [2.75, 3.05) is 0 Å². The summed E-state index contributed by atoms with van der Waals surface area (Å²) in [6.07, 6.45) is 7.43. The monoisotopic (exact) mass is 96.1 g/mol. The lowest BCUT2D eigenvalue weighted by molar-refractivity contribution is 0.962. The zero-order valence-corrected chi connectivity index (χ0v) is 3.96. The summed E-state index contributed by atoms with van der Waals surface area (Å²) in [6, 6.07) is 0.112. The maximum atomic E-state index is 5.42. The maximum Gasteiger partial charge on any atom is 0.0444 e. The molecule has 0 radical (unpaired) electrons. The highest BCUT2D eigenvalue weighted by Crippen LogP contribution is 1.86. The minimum atomic E-state index is 0.112. The summed E-state index contributed by atoms with van der Waals surface area (Å²) in [5, 5.41) is 2.87. The number of nitrogens with one attached hydrogen (secondary N) is 1. The second kappa shape index (κ2) is 1.80. The van der Waals surface area contributed by atoms with E-state index in [-0.39, 0.29) is 6.04 Å². The SMILES string of the molecule is NC1C=CNC=C1. The van der Waals surface area contributed by atoms with Crippen LogP contribution < -0.4 is 11.1 Å². The number of hydrogen-bond donors (Lipinski definition) is 2. The van der Waals surface area contributed by atoms with E-state index >= 15 is 0 Å². The lowest BCUT2D eigenvalue weighted by Crippen LogP contribution is -2.17. The van der Waals surface area contributed by atoms with Crippen LogP contribution in [0.25, 0.3) is 0 Å². The van der Waals surface area contributed by atoms with E-state index in [0.717, 1.165) is 0 Å². The molecule has 0 saturated carbocycles. The third-order valence-electron chi connectivity index (χ3n) is 0.829. The van der Waals surface area contributed by atoms with Gasteiger partial charge in [0.15, 0.2) is 0 Å². The zero-order chi connectivity index (χ0) is 5.11. The predicted molar refractivity (Wildman–Crippen MR) is 29.4 cm³/mol. The molecule has 0 aromatic heterocycles. The molecule has 2 heteroatoms. The van der Waals surface area contributed by atoms with Gasteiger partial charge in [-0.05, 0) is 24.6 Å². The molecule has 2 nitrogen and oxygen atoms in total. The van der Waals surface area contributed by atoms with Crippen molar-refractivity contribution in [2.45, 2.75) is 6.04 Å². The Bertz CT molecular complexity index is 92.6. The largest absolute Gasteiger partial charge is 0.368 e. The van der Waals surface area contributed by atoms with E-state index in [0.29, 0.717) is 0 Å². The van der Waals surface area contributed by atoms with Crippen molar-refractivity contribution < 1.29 is 0 Å². The van der Waals surface area contributed by atoms with Crippen LogP contribution in [0.3, 0.4) is 0 Å². The second-order valence-electron chi connectivity index (χ2n) is 1.46. The Morgan fingerprint density at radius 3 is 2.14 bits per heavy atom. The molecule has 1 aliphatic heterocycles. The molecule has 0 amide bonds. The fourth-order valence-electron chi connectivity index (χ4n) is 0.453. The van der Waals surface area contributed by atoms with Crippen LogP contribution in [0, 0.1) is 0 Å². The van der Waals surface area contributed by atoms with Gasteiger partial charge in [-0.1, -0.05) is 0 Å². The van der Waals surface area contributed by atoms with Gasteiger partial charge in [-0.25, -0.2) is 0 Å². The molecule has 0 saturated heterocycles. The van der Waals surface area contributed by atoms with Gasteiger partial charge in [0, 0.05) is 6.04 Å². The molecule has 1 rings (SSSR count). The Morgan fingerprint density at radius 2 is 1.86 bits per heavy atom. The van der Waals surface area contributed by atoms with Crippen molar-refractivity contribution >= 4 is 0 Å². The van der Waals surface area contributed by atoms with Crippen LogP contribution in [0.5, 0.6) is 0 Å². The van der Waals surface area contributed by atoms with Crippen LogP contribution in [-0.2, 0) is 0 Å². The fourth-order valence-corrected chi connectivity index (χ4v) is 0.453. The second-order valence-corrected chi connectivity index (χ2v) is 1.46. The predicted octanol–water partition coefficient (Wildman–Crippen LogP) is -0.0557. The van der Waals surface area contributed by atoms with E-state index in [1.165, 1.54) is 0 Å². The number of hydrogen-bond acceptors (Lipinski definition) is 2.